The number of terminal acetylenes is 1. The third-order valence-electron chi connectivity index (χ3n) is 1.38. The number of hydrogen-bond donors (Lipinski definition) is 0. The van der Waals surface area contributed by atoms with Gasteiger partial charge in [0.2, 0.25) is 0 Å². The zero-order chi connectivity index (χ0) is 8.43. The monoisotopic (exact) mass is 212 g/mol. The Bertz CT molecular complexity index is 294. The van der Waals surface area contributed by atoms with E-state index in [9.17, 15) is 0 Å². The molecule has 0 radical (unpaired) electrons. The maximum absolute atomic E-state index is 5.29. The van der Waals surface area contributed by atoms with Crippen molar-refractivity contribution in [2.45, 2.75) is 19.9 Å². The van der Waals surface area contributed by atoms with Crippen molar-refractivity contribution in [3.05, 3.63) is 16.4 Å². The van der Waals surface area contributed by atoms with E-state index < -0.39 is 0 Å². The normalized spacial score (nSPS) is 10.1. The van der Waals surface area contributed by atoms with Crippen LogP contribution >= 0.6 is 15.9 Å². The summed E-state index contributed by atoms with van der Waals surface area (Å²) in [5.74, 6) is 2.58. The van der Waals surface area contributed by atoms with Crippen LogP contribution in [0.3, 0.4) is 0 Å². The number of aromatic nitrogens is 2. The van der Waals surface area contributed by atoms with Crippen molar-refractivity contribution in [1.82, 2.24) is 9.78 Å². The Hall–Kier alpha value is -0.750. The van der Waals surface area contributed by atoms with Gasteiger partial charge in [-0.05, 0) is 35.7 Å². The molecule has 11 heavy (non-hydrogen) atoms. The summed E-state index contributed by atoms with van der Waals surface area (Å²) < 4.78 is 2.69. The van der Waals surface area contributed by atoms with Crippen LogP contribution in [0.25, 0.3) is 0 Å². The van der Waals surface area contributed by atoms with Gasteiger partial charge in [0, 0.05) is 6.04 Å². The second-order valence-corrected chi connectivity index (χ2v) is 3.38. The van der Waals surface area contributed by atoms with E-state index in [1.165, 1.54) is 0 Å². The molecule has 0 saturated heterocycles. The largest absolute Gasteiger partial charge is 0.253 e. The molecule has 58 valence electrons. The molecule has 1 aromatic rings. The molecule has 0 bridgehead atoms. The number of rotatable bonds is 1. The zero-order valence-corrected chi connectivity index (χ0v) is 8.09. The van der Waals surface area contributed by atoms with Crippen molar-refractivity contribution in [2.75, 3.05) is 0 Å². The fourth-order valence-corrected chi connectivity index (χ4v) is 1.26. The molecule has 1 rings (SSSR count). The van der Waals surface area contributed by atoms with Crippen molar-refractivity contribution in [3.8, 4) is 12.3 Å². The minimum absolute atomic E-state index is 0.312. The van der Waals surface area contributed by atoms with E-state index in [2.05, 4.69) is 26.9 Å². The summed E-state index contributed by atoms with van der Waals surface area (Å²) >= 11 is 3.32. The third kappa shape index (κ3) is 1.46. The SMILES string of the molecule is C#Cc1c(Br)cnn1C(C)C. The van der Waals surface area contributed by atoms with Crippen LogP contribution in [0.15, 0.2) is 10.7 Å². The van der Waals surface area contributed by atoms with Crippen molar-refractivity contribution < 1.29 is 0 Å². The second kappa shape index (κ2) is 3.10. The summed E-state index contributed by atoms with van der Waals surface area (Å²) in [6, 6.07) is 0.312. The van der Waals surface area contributed by atoms with Gasteiger partial charge in [-0.15, -0.1) is 6.42 Å². The van der Waals surface area contributed by atoms with Gasteiger partial charge in [0.1, 0.15) is 5.69 Å². The smallest absolute Gasteiger partial charge is 0.125 e. The molecule has 0 spiro atoms. The summed E-state index contributed by atoms with van der Waals surface area (Å²) in [6.45, 7) is 4.08. The lowest BCUT2D eigenvalue weighted by atomic mass is 10.3. The van der Waals surface area contributed by atoms with E-state index >= 15 is 0 Å². The van der Waals surface area contributed by atoms with Gasteiger partial charge in [0.15, 0.2) is 0 Å². The van der Waals surface area contributed by atoms with Crippen molar-refractivity contribution in [2.24, 2.45) is 0 Å². The van der Waals surface area contributed by atoms with Gasteiger partial charge in [0.05, 0.1) is 10.7 Å². The molecule has 1 aromatic heterocycles. The summed E-state index contributed by atoms with van der Waals surface area (Å²) in [5, 5.41) is 4.11. The summed E-state index contributed by atoms with van der Waals surface area (Å²) in [6.07, 6.45) is 7.01. The maximum Gasteiger partial charge on any atom is 0.125 e. The Kier molecular flexibility index (Phi) is 2.35. The first-order valence-corrected chi connectivity index (χ1v) is 4.15. The highest BCUT2D eigenvalue weighted by molar-refractivity contribution is 9.10. The van der Waals surface area contributed by atoms with Crippen LogP contribution in [0.2, 0.25) is 0 Å². The molecule has 1 heterocycles. The molecule has 0 saturated carbocycles. The lowest BCUT2D eigenvalue weighted by Gasteiger charge is -2.06. The molecule has 0 aliphatic heterocycles. The van der Waals surface area contributed by atoms with Crippen LogP contribution in [0, 0.1) is 12.3 Å². The van der Waals surface area contributed by atoms with E-state index in [0.29, 0.717) is 6.04 Å². The van der Waals surface area contributed by atoms with Gasteiger partial charge >= 0.3 is 0 Å². The van der Waals surface area contributed by atoms with Gasteiger partial charge in [-0.1, -0.05) is 0 Å². The Labute approximate surface area is 74.7 Å². The van der Waals surface area contributed by atoms with Gasteiger partial charge in [0.25, 0.3) is 0 Å². The van der Waals surface area contributed by atoms with Crippen LogP contribution in [-0.4, -0.2) is 9.78 Å². The van der Waals surface area contributed by atoms with Crippen LogP contribution in [0.1, 0.15) is 25.6 Å². The number of nitrogens with zero attached hydrogens (tertiary/aromatic N) is 2. The van der Waals surface area contributed by atoms with Crippen molar-refractivity contribution in [3.63, 3.8) is 0 Å². The third-order valence-corrected chi connectivity index (χ3v) is 1.96. The summed E-state index contributed by atoms with van der Waals surface area (Å²) in [5.41, 5.74) is 0.806. The lowest BCUT2D eigenvalue weighted by Crippen LogP contribution is -2.04. The molecule has 0 N–H and O–H groups in total. The number of hydrogen-bond acceptors (Lipinski definition) is 1. The molecule has 0 aliphatic rings. The molecule has 0 amide bonds. The molecule has 0 fully saturated rings. The number of halogens is 1. The summed E-state index contributed by atoms with van der Waals surface area (Å²) in [7, 11) is 0. The standard InChI is InChI=1S/C8H9BrN2/c1-4-8-7(9)5-10-11(8)6(2)3/h1,5-6H,2-3H3. The van der Waals surface area contributed by atoms with E-state index in [1.807, 2.05) is 18.5 Å². The Morgan fingerprint density at radius 2 is 2.36 bits per heavy atom. The molecule has 0 aliphatic carbocycles. The van der Waals surface area contributed by atoms with Crippen LogP contribution in [-0.2, 0) is 0 Å². The molecule has 0 aromatic carbocycles. The van der Waals surface area contributed by atoms with E-state index in [-0.39, 0.29) is 0 Å². The van der Waals surface area contributed by atoms with Gasteiger partial charge in [-0.25, -0.2) is 0 Å². The van der Waals surface area contributed by atoms with E-state index in [1.54, 1.807) is 6.20 Å². The minimum Gasteiger partial charge on any atom is -0.253 e. The topological polar surface area (TPSA) is 17.8 Å². The predicted molar refractivity (Wildman–Crippen MR) is 48.2 cm³/mol. The van der Waals surface area contributed by atoms with Crippen LogP contribution in [0.5, 0.6) is 0 Å². The van der Waals surface area contributed by atoms with E-state index in [4.69, 9.17) is 6.42 Å². The van der Waals surface area contributed by atoms with Crippen LogP contribution in [0.4, 0.5) is 0 Å². The highest BCUT2D eigenvalue weighted by atomic mass is 79.9. The fraction of sp³-hybridized carbons (Fsp3) is 0.375. The van der Waals surface area contributed by atoms with E-state index in [0.717, 1.165) is 10.2 Å². The lowest BCUT2D eigenvalue weighted by molar-refractivity contribution is 0.527. The Balaban J connectivity index is 3.19. The first-order valence-electron chi connectivity index (χ1n) is 3.36. The van der Waals surface area contributed by atoms with Crippen LogP contribution < -0.4 is 0 Å². The Morgan fingerprint density at radius 1 is 1.73 bits per heavy atom. The average molecular weight is 213 g/mol. The van der Waals surface area contributed by atoms with Gasteiger partial charge in [-0.2, -0.15) is 5.10 Å². The molecular formula is C8H9BrN2. The second-order valence-electron chi connectivity index (χ2n) is 2.52. The molecule has 2 nitrogen and oxygen atoms in total. The maximum atomic E-state index is 5.29. The zero-order valence-electron chi connectivity index (χ0n) is 6.50. The average Bonchev–Trinajstić information content (AvgIpc) is 2.30. The Morgan fingerprint density at radius 3 is 2.73 bits per heavy atom. The first kappa shape index (κ1) is 8.35. The highest BCUT2D eigenvalue weighted by Crippen LogP contribution is 2.17. The fourth-order valence-electron chi connectivity index (χ4n) is 0.868. The molecule has 3 heteroatoms. The van der Waals surface area contributed by atoms with Gasteiger partial charge < -0.3 is 0 Å². The van der Waals surface area contributed by atoms with Gasteiger partial charge in [-0.3, -0.25) is 4.68 Å². The molecule has 0 unspecified atom stereocenters. The molecular weight excluding hydrogens is 204 g/mol. The first-order chi connectivity index (χ1) is 5.16. The predicted octanol–water partition coefficient (Wildman–Crippen LogP) is 2.21. The molecule has 0 atom stereocenters. The minimum atomic E-state index is 0.312. The van der Waals surface area contributed by atoms with Crippen molar-refractivity contribution >= 4 is 15.9 Å². The highest BCUT2D eigenvalue weighted by Gasteiger charge is 2.07. The van der Waals surface area contributed by atoms with Crippen molar-refractivity contribution in [1.29, 1.82) is 0 Å². The quantitative estimate of drug-likeness (QED) is 0.654. The summed E-state index contributed by atoms with van der Waals surface area (Å²) in [4.78, 5) is 0.